The Kier molecular flexibility index (Phi) is 4.24. The van der Waals surface area contributed by atoms with Crippen LogP contribution in [0.4, 0.5) is 5.82 Å². The molecule has 1 atom stereocenters. The van der Waals surface area contributed by atoms with Crippen LogP contribution >= 0.6 is 0 Å². The van der Waals surface area contributed by atoms with E-state index in [2.05, 4.69) is 15.0 Å². The number of carbonyl (C=O) groups is 1. The molecule has 1 amide bonds. The number of morpholine rings is 1. The Hall–Kier alpha value is -2.48. The van der Waals surface area contributed by atoms with E-state index in [1.807, 2.05) is 32.0 Å². The molecular formula is C15H19N5O3. The Morgan fingerprint density at radius 1 is 1.39 bits per heavy atom. The highest BCUT2D eigenvalue weighted by molar-refractivity contribution is 5.91. The third-order valence-corrected chi connectivity index (χ3v) is 3.65. The molecule has 1 aliphatic heterocycles. The number of hydrogen-bond donors (Lipinski definition) is 0. The Labute approximate surface area is 134 Å². The minimum Gasteiger partial charge on any atom is -0.438 e. The second kappa shape index (κ2) is 6.33. The summed E-state index contributed by atoms with van der Waals surface area (Å²) in [5, 5.41) is 0. The molecule has 1 saturated heterocycles. The molecule has 0 radical (unpaired) electrons. The molecule has 1 fully saturated rings. The number of ether oxygens (including phenoxy) is 1. The van der Waals surface area contributed by atoms with Crippen molar-refractivity contribution in [2.75, 3.05) is 38.8 Å². The van der Waals surface area contributed by atoms with Crippen LogP contribution in [-0.4, -0.2) is 59.6 Å². The van der Waals surface area contributed by atoms with Crippen LogP contribution in [0.15, 0.2) is 23.1 Å². The van der Waals surface area contributed by atoms with Gasteiger partial charge in [-0.25, -0.2) is 15.0 Å². The summed E-state index contributed by atoms with van der Waals surface area (Å²) >= 11 is 0. The summed E-state index contributed by atoms with van der Waals surface area (Å²) in [6, 6.07) is 1.55. The zero-order valence-electron chi connectivity index (χ0n) is 13.4. The molecule has 0 N–H and O–H groups in total. The summed E-state index contributed by atoms with van der Waals surface area (Å²) in [7, 11) is 3.83. The fourth-order valence-electron chi connectivity index (χ4n) is 2.48. The van der Waals surface area contributed by atoms with E-state index in [0.717, 1.165) is 11.5 Å². The van der Waals surface area contributed by atoms with E-state index in [9.17, 15) is 4.79 Å². The normalized spacial score (nSPS) is 18.0. The number of aromatic nitrogens is 3. The van der Waals surface area contributed by atoms with Crippen molar-refractivity contribution in [3.8, 4) is 0 Å². The van der Waals surface area contributed by atoms with E-state index in [1.54, 1.807) is 4.90 Å². The van der Waals surface area contributed by atoms with E-state index in [4.69, 9.17) is 9.15 Å². The summed E-state index contributed by atoms with van der Waals surface area (Å²) in [6.45, 7) is 3.20. The van der Waals surface area contributed by atoms with Gasteiger partial charge in [-0.2, -0.15) is 0 Å². The van der Waals surface area contributed by atoms with Crippen molar-refractivity contribution < 1.29 is 13.9 Å². The molecule has 0 aliphatic carbocycles. The molecule has 0 spiro atoms. The van der Waals surface area contributed by atoms with E-state index in [1.165, 1.54) is 12.6 Å². The van der Waals surface area contributed by atoms with Gasteiger partial charge in [0.05, 0.1) is 19.4 Å². The third kappa shape index (κ3) is 3.16. The first-order valence-corrected chi connectivity index (χ1v) is 7.36. The Morgan fingerprint density at radius 2 is 2.22 bits per heavy atom. The minimum atomic E-state index is -0.347. The van der Waals surface area contributed by atoms with Gasteiger partial charge in [-0.3, -0.25) is 4.79 Å². The third-order valence-electron chi connectivity index (χ3n) is 3.65. The summed E-state index contributed by atoms with van der Waals surface area (Å²) in [5.41, 5.74) is 0.844. The number of amides is 1. The molecule has 3 rings (SSSR count). The van der Waals surface area contributed by atoms with Gasteiger partial charge in [0.1, 0.15) is 11.9 Å². The molecule has 23 heavy (non-hydrogen) atoms. The average molecular weight is 317 g/mol. The zero-order chi connectivity index (χ0) is 16.4. The van der Waals surface area contributed by atoms with Crippen molar-refractivity contribution >= 4 is 11.7 Å². The maximum atomic E-state index is 12.6. The first kappa shape index (κ1) is 15.4. The number of nitrogens with zero attached hydrogens (tertiary/aromatic N) is 5. The van der Waals surface area contributed by atoms with Gasteiger partial charge in [0.15, 0.2) is 12.2 Å². The van der Waals surface area contributed by atoms with Crippen LogP contribution in [0, 0.1) is 6.92 Å². The molecule has 2 aromatic heterocycles. The Bertz CT molecular complexity index is 686. The van der Waals surface area contributed by atoms with Crippen LogP contribution in [0.1, 0.15) is 28.1 Å². The second-order valence-corrected chi connectivity index (χ2v) is 5.58. The van der Waals surface area contributed by atoms with Gasteiger partial charge < -0.3 is 19.0 Å². The molecule has 0 saturated carbocycles. The van der Waals surface area contributed by atoms with Crippen LogP contribution in [0.5, 0.6) is 0 Å². The van der Waals surface area contributed by atoms with E-state index in [0.29, 0.717) is 25.6 Å². The summed E-state index contributed by atoms with van der Waals surface area (Å²) in [4.78, 5) is 29.1. The molecule has 0 unspecified atom stereocenters. The van der Waals surface area contributed by atoms with Crippen LogP contribution in [-0.2, 0) is 4.74 Å². The zero-order valence-corrected chi connectivity index (χ0v) is 13.4. The lowest BCUT2D eigenvalue weighted by molar-refractivity contribution is -0.00676. The Morgan fingerprint density at radius 3 is 2.91 bits per heavy atom. The summed E-state index contributed by atoms with van der Waals surface area (Å²) < 4.78 is 10.7. The van der Waals surface area contributed by atoms with E-state index >= 15 is 0 Å². The lowest BCUT2D eigenvalue weighted by atomic mass is 10.2. The number of oxazole rings is 1. The maximum Gasteiger partial charge on any atom is 0.292 e. The average Bonchev–Trinajstić information content (AvgIpc) is 3.08. The number of hydrogen-bond acceptors (Lipinski definition) is 7. The fraction of sp³-hybridized carbons (Fsp3) is 0.467. The lowest BCUT2D eigenvalue weighted by Crippen LogP contribution is -2.44. The quantitative estimate of drug-likeness (QED) is 0.836. The van der Waals surface area contributed by atoms with Gasteiger partial charge in [0.25, 0.3) is 5.91 Å². The predicted octanol–water partition coefficient (Wildman–Crippen LogP) is 1.05. The van der Waals surface area contributed by atoms with Crippen molar-refractivity contribution in [3.63, 3.8) is 0 Å². The number of carbonyl (C=O) groups excluding carboxylic acids is 1. The van der Waals surface area contributed by atoms with Gasteiger partial charge in [0.2, 0.25) is 5.76 Å². The highest BCUT2D eigenvalue weighted by Crippen LogP contribution is 2.25. The molecule has 0 bridgehead atoms. The first-order valence-electron chi connectivity index (χ1n) is 7.36. The van der Waals surface area contributed by atoms with Gasteiger partial charge >= 0.3 is 0 Å². The molecule has 8 nitrogen and oxygen atoms in total. The number of rotatable bonds is 3. The first-order chi connectivity index (χ1) is 11.1. The van der Waals surface area contributed by atoms with Gasteiger partial charge in [0, 0.05) is 32.4 Å². The van der Waals surface area contributed by atoms with Gasteiger partial charge in [-0.15, -0.1) is 0 Å². The lowest BCUT2D eigenvalue weighted by Gasteiger charge is -2.34. The van der Waals surface area contributed by atoms with Gasteiger partial charge in [-0.1, -0.05) is 0 Å². The van der Waals surface area contributed by atoms with Crippen LogP contribution in [0.3, 0.4) is 0 Å². The summed E-state index contributed by atoms with van der Waals surface area (Å²) in [5.74, 6) is 1.34. The Balaban J connectivity index is 1.94. The van der Waals surface area contributed by atoms with Crippen LogP contribution in [0.25, 0.3) is 0 Å². The molecule has 2 aromatic rings. The molecule has 3 heterocycles. The van der Waals surface area contributed by atoms with Crippen LogP contribution < -0.4 is 4.90 Å². The minimum absolute atomic E-state index is 0.206. The highest BCUT2D eigenvalue weighted by atomic mass is 16.5. The smallest absolute Gasteiger partial charge is 0.292 e. The van der Waals surface area contributed by atoms with Crippen molar-refractivity contribution in [2.45, 2.75) is 13.0 Å². The van der Waals surface area contributed by atoms with Crippen molar-refractivity contribution in [2.24, 2.45) is 0 Å². The van der Waals surface area contributed by atoms with Crippen molar-refractivity contribution in [3.05, 3.63) is 35.9 Å². The highest BCUT2D eigenvalue weighted by Gasteiger charge is 2.33. The monoisotopic (exact) mass is 317 g/mol. The largest absolute Gasteiger partial charge is 0.438 e. The second-order valence-electron chi connectivity index (χ2n) is 5.58. The molecule has 122 valence electrons. The summed E-state index contributed by atoms with van der Waals surface area (Å²) in [6.07, 6.45) is 2.66. The number of anilines is 1. The fourth-order valence-corrected chi connectivity index (χ4v) is 2.48. The van der Waals surface area contributed by atoms with E-state index in [-0.39, 0.29) is 17.7 Å². The maximum absolute atomic E-state index is 12.6. The van der Waals surface area contributed by atoms with E-state index < -0.39 is 0 Å². The SMILES string of the molecule is Cc1cc(N(C)C)nc([C@@H]2COCCN2C(=O)c2cnco2)n1. The van der Waals surface area contributed by atoms with Gasteiger partial charge in [-0.05, 0) is 6.92 Å². The predicted molar refractivity (Wildman–Crippen MR) is 82.2 cm³/mol. The topological polar surface area (TPSA) is 84.6 Å². The molecule has 8 heteroatoms. The van der Waals surface area contributed by atoms with Crippen LogP contribution in [0.2, 0.25) is 0 Å². The standard InChI is InChI=1S/C15H19N5O3/c1-10-6-13(19(2)3)18-14(17-10)11-8-22-5-4-20(11)15(21)12-7-16-9-23-12/h6-7,9,11H,4-5,8H2,1-3H3/t11-/m0/s1. The van der Waals surface area contributed by atoms with Crippen molar-refractivity contribution in [1.82, 2.24) is 19.9 Å². The van der Waals surface area contributed by atoms with Crippen molar-refractivity contribution in [1.29, 1.82) is 0 Å². The molecule has 1 aliphatic rings. The molecular weight excluding hydrogens is 298 g/mol. The molecule has 0 aromatic carbocycles. The number of aryl methyl sites for hydroxylation is 1.